The average Bonchev–Trinajstić information content (AvgIpc) is 3.03. The van der Waals surface area contributed by atoms with Crippen LogP contribution in [0.25, 0.3) is 5.69 Å². The largest absolute Gasteiger partial charge is 0.382 e. The number of nitriles is 1. The van der Waals surface area contributed by atoms with Crippen molar-refractivity contribution < 1.29 is 9.18 Å². The minimum Gasteiger partial charge on any atom is -0.382 e. The summed E-state index contributed by atoms with van der Waals surface area (Å²) in [6.45, 7) is 2.02. The number of hydrogen-bond donors (Lipinski definition) is 2. The predicted molar refractivity (Wildman–Crippen MR) is 104 cm³/mol. The molecule has 1 aromatic heterocycles. The molecule has 0 fully saturated rings. The molecule has 3 aromatic rings. The van der Waals surface area contributed by atoms with Gasteiger partial charge in [-0.3, -0.25) is 4.79 Å². The van der Waals surface area contributed by atoms with Crippen LogP contribution in [0.4, 0.5) is 10.2 Å². The Hall–Kier alpha value is -3.66. The van der Waals surface area contributed by atoms with E-state index < -0.39 is 5.82 Å². The Kier molecular flexibility index (Phi) is 5.70. The van der Waals surface area contributed by atoms with Gasteiger partial charge in [0.1, 0.15) is 23.3 Å². The molecule has 0 saturated heterocycles. The molecule has 0 unspecified atom stereocenters. The topological polar surface area (TPSA) is 96.7 Å². The van der Waals surface area contributed by atoms with Gasteiger partial charge in [0.05, 0.1) is 11.4 Å². The minimum atomic E-state index is -0.409. The molecule has 0 aliphatic heterocycles. The maximum atomic E-state index is 13.6. The van der Waals surface area contributed by atoms with Crippen LogP contribution >= 0.6 is 0 Å². The number of amides is 1. The first kappa shape index (κ1) is 19.1. The zero-order valence-electron chi connectivity index (χ0n) is 15.4. The third-order valence-electron chi connectivity index (χ3n) is 4.42. The number of nitrogens with one attached hydrogen (secondary N) is 1. The second-order valence-corrected chi connectivity index (χ2v) is 6.39. The van der Waals surface area contributed by atoms with Gasteiger partial charge in [-0.05, 0) is 49.6 Å². The molecule has 3 rings (SSSR count). The van der Waals surface area contributed by atoms with Crippen molar-refractivity contribution in [3.05, 3.63) is 76.7 Å². The maximum Gasteiger partial charge on any atom is 0.251 e. The molecule has 2 aromatic carbocycles. The molecule has 0 bridgehead atoms. The molecule has 142 valence electrons. The highest BCUT2D eigenvalue weighted by Gasteiger charge is 2.16. The highest BCUT2D eigenvalue weighted by atomic mass is 19.1. The fourth-order valence-electron chi connectivity index (χ4n) is 2.84. The van der Waals surface area contributed by atoms with Crippen LogP contribution in [-0.4, -0.2) is 22.2 Å². The number of aryl methyl sites for hydroxylation is 2. The van der Waals surface area contributed by atoms with Gasteiger partial charge in [-0.2, -0.15) is 10.4 Å². The van der Waals surface area contributed by atoms with Gasteiger partial charge in [0.2, 0.25) is 0 Å². The summed E-state index contributed by atoms with van der Waals surface area (Å²) in [5, 5.41) is 16.6. The van der Waals surface area contributed by atoms with E-state index in [1.807, 2.05) is 30.3 Å². The molecule has 0 radical (unpaired) electrons. The maximum absolute atomic E-state index is 13.6. The van der Waals surface area contributed by atoms with E-state index in [2.05, 4.69) is 16.5 Å². The van der Waals surface area contributed by atoms with Crippen molar-refractivity contribution in [1.29, 1.82) is 5.26 Å². The Balaban J connectivity index is 1.63. The number of nitrogen functional groups attached to an aromatic ring is 1. The molecular formula is C21H20FN5O. The van der Waals surface area contributed by atoms with Crippen LogP contribution in [0.5, 0.6) is 0 Å². The molecule has 1 amide bonds. The molecule has 6 nitrogen and oxygen atoms in total. The van der Waals surface area contributed by atoms with Crippen LogP contribution in [0.3, 0.4) is 0 Å². The summed E-state index contributed by atoms with van der Waals surface area (Å²) in [5.74, 6) is -0.454. The normalized spacial score (nSPS) is 10.5. The van der Waals surface area contributed by atoms with E-state index in [4.69, 9.17) is 5.73 Å². The number of anilines is 1. The standard InChI is InChI=1S/C21H20FN5O/c1-14-9-10-15(12-18(14)22)21(28)25-11-5-8-19-17(13-23)20(24)27(26-19)16-6-3-2-4-7-16/h2-4,6-7,9-10,12H,5,8,11,24H2,1H3,(H,25,28). The number of rotatable bonds is 6. The Morgan fingerprint density at radius 1 is 1.29 bits per heavy atom. The summed E-state index contributed by atoms with van der Waals surface area (Å²) in [5.41, 5.74) is 8.54. The van der Waals surface area contributed by atoms with E-state index in [-0.39, 0.29) is 11.5 Å². The van der Waals surface area contributed by atoms with Crippen molar-refractivity contribution in [2.24, 2.45) is 0 Å². The molecule has 0 atom stereocenters. The van der Waals surface area contributed by atoms with Gasteiger partial charge in [0.15, 0.2) is 0 Å². The molecule has 0 aliphatic carbocycles. The molecule has 7 heteroatoms. The Morgan fingerprint density at radius 2 is 2.04 bits per heavy atom. The first-order valence-electron chi connectivity index (χ1n) is 8.88. The Bertz CT molecular complexity index is 1040. The van der Waals surface area contributed by atoms with Crippen LogP contribution in [0.2, 0.25) is 0 Å². The Morgan fingerprint density at radius 3 is 2.71 bits per heavy atom. The van der Waals surface area contributed by atoms with Crippen molar-refractivity contribution in [2.45, 2.75) is 19.8 Å². The average molecular weight is 377 g/mol. The monoisotopic (exact) mass is 377 g/mol. The lowest BCUT2D eigenvalue weighted by atomic mass is 10.1. The van der Waals surface area contributed by atoms with E-state index in [0.717, 1.165) is 5.69 Å². The SMILES string of the molecule is Cc1ccc(C(=O)NCCCc2nn(-c3ccccc3)c(N)c2C#N)cc1F. The van der Waals surface area contributed by atoms with Crippen LogP contribution in [0.15, 0.2) is 48.5 Å². The molecular weight excluding hydrogens is 357 g/mol. The molecule has 0 aliphatic rings. The third kappa shape index (κ3) is 4.01. The van der Waals surface area contributed by atoms with E-state index in [0.29, 0.717) is 42.0 Å². The number of hydrogen-bond acceptors (Lipinski definition) is 4. The number of carbonyl (C=O) groups excluding carboxylic acids is 1. The first-order chi connectivity index (χ1) is 13.5. The highest BCUT2D eigenvalue weighted by molar-refractivity contribution is 5.94. The highest BCUT2D eigenvalue weighted by Crippen LogP contribution is 2.21. The minimum absolute atomic E-state index is 0.276. The predicted octanol–water partition coefficient (Wildman–Crippen LogP) is 3.14. The Labute approximate surface area is 162 Å². The van der Waals surface area contributed by atoms with Crippen molar-refractivity contribution >= 4 is 11.7 Å². The first-order valence-corrected chi connectivity index (χ1v) is 8.88. The molecule has 0 spiro atoms. The zero-order chi connectivity index (χ0) is 20.1. The number of aromatic nitrogens is 2. The summed E-state index contributed by atoms with van der Waals surface area (Å²) in [4.78, 5) is 12.1. The number of para-hydroxylation sites is 1. The lowest BCUT2D eigenvalue weighted by molar-refractivity contribution is 0.0952. The van der Waals surface area contributed by atoms with Crippen molar-refractivity contribution in [3.63, 3.8) is 0 Å². The van der Waals surface area contributed by atoms with E-state index >= 15 is 0 Å². The van der Waals surface area contributed by atoms with Gasteiger partial charge in [-0.25, -0.2) is 9.07 Å². The summed E-state index contributed by atoms with van der Waals surface area (Å²) in [7, 11) is 0. The third-order valence-corrected chi connectivity index (χ3v) is 4.42. The van der Waals surface area contributed by atoms with E-state index in [1.165, 1.54) is 6.07 Å². The van der Waals surface area contributed by atoms with Crippen LogP contribution in [0, 0.1) is 24.1 Å². The van der Waals surface area contributed by atoms with Gasteiger partial charge >= 0.3 is 0 Å². The van der Waals surface area contributed by atoms with Gasteiger partial charge in [0, 0.05) is 12.1 Å². The smallest absolute Gasteiger partial charge is 0.251 e. The summed E-state index contributed by atoms with van der Waals surface area (Å²) in [6, 6.07) is 15.8. The molecule has 1 heterocycles. The molecule has 0 saturated carbocycles. The number of halogens is 1. The lowest BCUT2D eigenvalue weighted by Crippen LogP contribution is -2.25. The van der Waals surface area contributed by atoms with Gasteiger partial charge in [-0.15, -0.1) is 0 Å². The van der Waals surface area contributed by atoms with Crippen molar-refractivity contribution in [1.82, 2.24) is 15.1 Å². The van der Waals surface area contributed by atoms with Gasteiger partial charge in [0.25, 0.3) is 5.91 Å². The lowest BCUT2D eigenvalue weighted by Gasteiger charge is -2.06. The number of carbonyl (C=O) groups is 1. The molecule has 28 heavy (non-hydrogen) atoms. The quantitative estimate of drug-likeness (QED) is 0.645. The second kappa shape index (κ2) is 8.35. The molecule has 3 N–H and O–H groups in total. The fraction of sp³-hybridized carbons (Fsp3) is 0.190. The summed E-state index contributed by atoms with van der Waals surface area (Å²) in [6.07, 6.45) is 1.05. The van der Waals surface area contributed by atoms with Crippen molar-refractivity contribution in [2.75, 3.05) is 12.3 Å². The van der Waals surface area contributed by atoms with Crippen LogP contribution in [0.1, 0.15) is 33.6 Å². The van der Waals surface area contributed by atoms with Crippen LogP contribution < -0.4 is 11.1 Å². The number of nitrogens with two attached hydrogens (primary N) is 1. The van der Waals surface area contributed by atoms with Crippen molar-refractivity contribution in [3.8, 4) is 11.8 Å². The van der Waals surface area contributed by atoms with Gasteiger partial charge < -0.3 is 11.1 Å². The summed E-state index contributed by atoms with van der Waals surface area (Å²) < 4.78 is 15.1. The second-order valence-electron chi connectivity index (χ2n) is 6.39. The van der Waals surface area contributed by atoms with Gasteiger partial charge in [-0.1, -0.05) is 24.3 Å². The van der Waals surface area contributed by atoms with Crippen LogP contribution in [-0.2, 0) is 6.42 Å². The fourth-order valence-corrected chi connectivity index (χ4v) is 2.84. The number of benzene rings is 2. The van der Waals surface area contributed by atoms with E-state index in [9.17, 15) is 14.4 Å². The van der Waals surface area contributed by atoms with E-state index in [1.54, 1.807) is 23.7 Å². The number of nitrogens with zero attached hydrogens (tertiary/aromatic N) is 3. The summed E-state index contributed by atoms with van der Waals surface area (Å²) >= 11 is 0. The zero-order valence-corrected chi connectivity index (χ0v) is 15.4.